The number of carbonyl (C=O) groups is 2. The smallest absolute Gasteiger partial charge is 0.314 e. The van der Waals surface area contributed by atoms with Crippen molar-refractivity contribution in [1.82, 2.24) is 0 Å². The Morgan fingerprint density at radius 1 is 1.05 bits per heavy atom. The number of ether oxygens (including phenoxy) is 1. The Morgan fingerprint density at radius 2 is 1.55 bits per heavy atom. The molecule has 0 aliphatic rings. The first-order chi connectivity index (χ1) is 9.99. The maximum Gasteiger partial charge on any atom is 0.314 e. The minimum absolute atomic E-state index is 0.198. The molecule has 0 aliphatic carbocycles. The fourth-order valence-corrected chi connectivity index (χ4v) is 4.23. The van der Waals surface area contributed by atoms with Gasteiger partial charge < -0.3 is 9.16 Å². The van der Waals surface area contributed by atoms with Crippen LogP contribution in [0.15, 0.2) is 30.3 Å². The molecule has 0 aliphatic heterocycles. The zero-order chi connectivity index (χ0) is 17.2. The number of hydrogen-bond acceptors (Lipinski definition) is 4. The van der Waals surface area contributed by atoms with Crippen LogP contribution in [-0.4, -0.2) is 27.2 Å². The summed E-state index contributed by atoms with van der Waals surface area (Å²) in [5.74, 6) is -0.665. The number of carbonyl (C=O) groups excluding carboxylic acids is 2. The van der Waals surface area contributed by atoms with E-state index in [0.717, 1.165) is 0 Å². The Labute approximate surface area is 134 Å². The average Bonchev–Trinajstić information content (AvgIpc) is 2.43. The van der Waals surface area contributed by atoms with Crippen molar-refractivity contribution in [1.29, 1.82) is 0 Å². The third-order valence-electron chi connectivity index (χ3n) is 3.71. The van der Waals surface area contributed by atoms with Crippen molar-refractivity contribution in [2.75, 3.05) is 7.11 Å². The number of hydrogen-bond donors (Lipinski definition) is 0. The van der Waals surface area contributed by atoms with E-state index in [9.17, 15) is 9.59 Å². The molecule has 0 heterocycles. The van der Waals surface area contributed by atoms with Crippen molar-refractivity contribution >= 4 is 20.1 Å². The van der Waals surface area contributed by atoms with Crippen molar-refractivity contribution in [3.05, 3.63) is 35.9 Å². The van der Waals surface area contributed by atoms with E-state index in [1.807, 2.05) is 50.0 Å². The van der Waals surface area contributed by atoms with Gasteiger partial charge in [0.05, 0.1) is 7.11 Å². The molecule has 22 heavy (non-hydrogen) atoms. The van der Waals surface area contributed by atoms with Crippen LogP contribution in [0.1, 0.15) is 26.3 Å². The Balaban J connectivity index is 3.68. The lowest BCUT2D eigenvalue weighted by molar-refractivity contribution is -0.173. The van der Waals surface area contributed by atoms with Gasteiger partial charge in [0.25, 0.3) is 0 Å². The summed E-state index contributed by atoms with van der Waals surface area (Å²) in [6.45, 7) is 10.9. The number of ketones is 1. The molecule has 0 amide bonds. The van der Waals surface area contributed by atoms with Gasteiger partial charge in [0.2, 0.25) is 0 Å². The Hall–Kier alpha value is -1.46. The van der Waals surface area contributed by atoms with Gasteiger partial charge in [-0.15, -0.1) is 0 Å². The summed E-state index contributed by atoms with van der Waals surface area (Å²) in [4.78, 5) is 25.1. The number of Topliss-reactive ketones (excluding diaryl/α,β-unsaturated/α-hetero) is 1. The zero-order valence-electron chi connectivity index (χ0n) is 14.5. The van der Waals surface area contributed by atoms with Crippen molar-refractivity contribution in [2.45, 2.75) is 46.0 Å². The van der Waals surface area contributed by atoms with Gasteiger partial charge >= 0.3 is 5.97 Å². The average molecular weight is 322 g/mol. The van der Waals surface area contributed by atoms with E-state index in [0.29, 0.717) is 5.56 Å². The van der Waals surface area contributed by atoms with E-state index < -0.39 is 25.3 Å². The summed E-state index contributed by atoms with van der Waals surface area (Å²) in [5, 5.41) is 0. The Kier molecular flexibility index (Phi) is 5.36. The monoisotopic (exact) mass is 322 g/mol. The summed E-state index contributed by atoms with van der Waals surface area (Å²) in [5.41, 5.74) is -1.82. The topological polar surface area (TPSA) is 52.6 Å². The largest absolute Gasteiger partial charge is 0.469 e. The molecule has 5 heteroatoms. The Bertz CT molecular complexity index is 546. The van der Waals surface area contributed by atoms with E-state index >= 15 is 0 Å². The molecular formula is C17H26O4Si. The van der Waals surface area contributed by atoms with E-state index in [-0.39, 0.29) is 5.78 Å². The van der Waals surface area contributed by atoms with Crippen LogP contribution in [0.4, 0.5) is 0 Å². The third kappa shape index (κ3) is 3.30. The van der Waals surface area contributed by atoms with E-state index in [4.69, 9.17) is 9.16 Å². The second-order valence-electron chi connectivity index (χ2n) is 6.93. The number of methoxy groups -OCH3 is 1. The van der Waals surface area contributed by atoms with Gasteiger partial charge in [0.15, 0.2) is 19.7 Å². The maximum atomic E-state index is 12.7. The molecule has 0 aromatic heterocycles. The van der Waals surface area contributed by atoms with Crippen molar-refractivity contribution in [3.63, 3.8) is 0 Å². The van der Waals surface area contributed by atoms with Gasteiger partial charge in [-0.25, -0.2) is 0 Å². The highest BCUT2D eigenvalue weighted by Gasteiger charge is 2.58. The normalized spacial score (nSPS) is 15.0. The lowest BCUT2D eigenvalue weighted by Gasteiger charge is -2.46. The molecule has 1 aromatic carbocycles. The van der Waals surface area contributed by atoms with Gasteiger partial charge in [-0.2, -0.15) is 0 Å². The number of esters is 1. The molecule has 1 unspecified atom stereocenters. The number of benzene rings is 1. The predicted molar refractivity (Wildman–Crippen MR) is 89.0 cm³/mol. The molecule has 0 N–H and O–H groups in total. The zero-order valence-corrected chi connectivity index (χ0v) is 15.5. The molecule has 1 aromatic rings. The van der Waals surface area contributed by atoms with Gasteiger partial charge in [-0.3, -0.25) is 9.59 Å². The fourth-order valence-electron chi connectivity index (χ4n) is 2.79. The third-order valence-corrected chi connectivity index (χ3v) is 4.63. The maximum absolute atomic E-state index is 12.7. The van der Waals surface area contributed by atoms with Gasteiger partial charge in [0.1, 0.15) is 5.41 Å². The van der Waals surface area contributed by atoms with Crippen molar-refractivity contribution < 1.29 is 18.8 Å². The molecule has 4 nitrogen and oxygen atoms in total. The van der Waals surface area contributed by atoms with Crippen LogP contribution < -0.4 is 0 Å². The molecular weight excluding hydrogens is 296 g/mol. The highest BCUT2D eigenvalue weighted by Crippen LogP contribution is 2.46. The predicted octanol–water partition coefficient (Wildman–Crippen LogP) is 3.52. The molecule has 0 saturated heterocycles. The Morgan fingerprint density at radius 3 is 1.91 bits per heavy atom. The highest BCUT2D eigenvalue weighted by molar-refractivity contribution is 6.70. The first-order valence-electron chi connectivity index (χ1n) is 7.34. The number of rotatable bonds is 6. The van der Waals surface area contributed by atoms with E-state index in [2.05, 4.69) is 0 Å². The second-order valence-corrected chi connectivity index (χ2v) is 11.4. The van der Waals surface area contributed by atoms with Crippen molar-refractivity contribution in [3.8, 4) is 0 Å². The SMILES string of the molecule is COC(=O)C(C)(C)C(O[Si](C)(C)C)(C(C)=O)c1ccccc1. The van der Waals surface area contributed by atoms with Gasteiger partial charge in [-0.1, -0.05) is 30.3 Å². The van der Waals surface area contributed by atoms with Gasteiger partial charge in [0, 0.05) is 0 Å². The molecule has 1 rings (SSSR count). The van der Waals surface area contributed by atoms with E-state index in [1.165, 1.54) is 14.0 Å². The van der Waals surface area contributed by atoms with Crippen LogP contribution in [0.25, 0.3) is 0 Å². The van der Waals surface area contributed by atoms with Crippen LogP contribution in [-0.2, 0) is 24.4 Å². The first-order valence-corrected chi connectivity index (χ1v) is 10.7. The summed E-state index contributed by atoms with van der Waals surface area (Å²) in [6, 6.07) is 9.20. The lowest BCUT2D eigenvalue weighted by Crippen LogP contribution is -2.57. The minimum Gasteiger partial charge on any atom is -0.469 e. The quantitative estimate of drug-likeness (QED) is 0.594. The van der Waals surface area contributed by atoms with Crippen LogP contribution in [0.2, 0.25) is 19.6 Å². The molecule has 0 bridgehead atoms. The molecule has 0 spiro atoms. The fraction of sp³-hybridized carbons (Fsp3) is 0.529. The summed E-state index contributed by atoms with van der Waals surface area (Å²) in [7, 11) is -0.807. The minimum atomic E-state index is -2.14. The second kappa shape index (κ2) is 6.34. The summed E-state index contributed by atoms with van der Waals surface area (Å²) >= 11 is 0. The van der Waals surface area contributed by atoms with Crippen LogP contribution in [0.3, 0.4) is 0 Å². The standard InChI is InChI=1S/C17H26O4Si/c1-13(18)17(21-22(5,6)7,14-11-9-8-10-12-14)16(2,3)15(19)20-4/h8-12H,1-7H3. The summed E-state index contributed by atoms with van der Waals surface area (Å²) in [6.07, 6.45) is 0. The van der Waals surface area contributed by atoms with Gasteiger partial charge in [-0.05, 0) is 46.0 Å². The highest BCUT2D eigenvalue weighted by atomic mass is 28.4. The summed E-state index contributed by atoms with van der Waals surface area (Å²) < 4.78 is 11.3. The van der Waals surface area contributed by atoms with Crippen molar-refractivity contribution in [2.24, 2.45) is 5.41 Å². The first kappa shape index (κ1) is 18.6. The molecule has 0 radical (unpaired) electrons. The molecule has 1 atom stereocenters. The van der Waals surface area contributed by atoms with Crippen LogP contribution in [0, 0.1) is 5.41 Å². The molecule has 122 valence electrons. The van der Waals surface area contributed by atoms with E-state index in [1.54, 1.807) is 13.8 Å². The lowest BCUT2D eigenvalue weighted by atomic mass is 9.68. The molecule has 0 fully saturated rings. The van der Waals surface area contributed by atoms with Crippen LogP contribution >= 0.6 is 0 Å². The molecule has 0 saturated carbocycles. The van der Waals surface area contributed by atoms with Crippen LogP contribution in [0.5, 0.6) is 0 Å².